The number of esters is 1. The standard InChI is InChI=1S/C20H23N3O8S2/c1-20(2,3)31-12(24)8-30-22-13(10-6-5-7-29-10)16(25)21-14-17(26)23-15(19(27)28)11(32-4)9-33-18(14)23/h5-7,14,18H,8-9H2,1-4H3,(H,21,25)(H,27,28)/b22-13+/t14?,18-/m1/s1. The lowest BCUT2D eigenvalue weighted by molar-refractivity contribution is -0.160. The Morgan fingerprint density at radius 3 is 2.70 bits per heavy atom. The van der Waals surface area contributed by atoms with Gasteiger partial charge in [0.05, 0.1) is 6.26 Å². The minimum absolute atomic E-state index is 0.0624. The summed E-state index contributed by atoms with van der Waals surface area (Å²) in [5.41, 5.74) is -1.06. The first kappa shape index (κ1) is 24.7. The van der Waals surface area contributed by atoms with E-state index < -0.39 is 47.4 Å². The Kier molecular flexibility index (Phi) is 7.42. The Balaban J connectivity index is 1.71. The molecular formula is C20H23N3O8S2. The van der Waals surface area contributed by atoms with Gasteiger partial charge in [-0.05, 0) is 39.2 Å². The van der Waals surface area contributed by atoms with Crippen LogP contribution in [0.1, 0.15) is 26.5 Å². The van der Waals surface area contributed by atoms with Crippen LogP contribution in [-0.2, 0) is 28.8 Å². The van der Waals surface area contributed by atoms with Crippen molar-refractivity contribution in [2.75, 3.05) is 18.6 Å². The second kappa shape index (κ2) is 9.91. The topological polar surface area (TPSA) is 148 Å². The summed E-state index contributed by atoms with van der Waals surface area (Å²) >= 11 is 2.62. The number of carboxylic acid groups (broad SMARTS) is 1. The molecule has 178 valence electrons. The van der Waals surface area contributed by atoms with Crippen LogP contribution in [0.4, 0.5) is 0 Å². The largest absolute Gasteiger partial charge is 0.477 e. The molecule has 1 unspecified atom stereocenters. The number of thioether (sulfide) groups is 2. The third kappa shape index (κ3) is 5.53. The predicted molar refractivity (Wildman–Crippen MR) is 120 cm³/mol. The molecule has 0 aliphatic carbocycles. The zero-order valence-electron chi connectivity index (χ0n) is 18.3. The van der Waals surface area contributed by atoms with E-state index in [0.29, 0.717) is 10.7 Å². The molecule has 2 atom stereocenters. The third-order valence-electron chi connectivity index (χ3n) is 4.40. The molecule has 33 heavy (non-hydrogen) atoms. The lowest BCUT2D eigenvalue weighted by atomic mass is 10.0. The molecule has 13 heteroatoms. The fourth-order valence-corrected chi connectivity index (χ4v) is 5.34. The number of nitrogens with zero attached hydrogens (tertiary/aromatic N) is 2. The molecule has 0 bridgehead atoms. The number of furan rings is 1. The van der Waals surface area contributed by atoms with E-state index >= 15 is 0 Å². The molecule has 1 saturated heterocycles. The van der Waals surface area contributed by atoms with Crippen molar-refractivity contribution in [2.24, 2.45) is 5.16 Å². The average Bonchev–Trinajstić information content (AvgIpc) is 3.26. The van der Waals surface area contributed by atoms with Crippen LogP contribution in [0.15, 0.2) is 38.6 Å². The normalized spacial score (nSPS) is 20.7. The summed E-state index contributed by atoms with van der Waals surface area (Å²) in [6, 6.07) is 2.05. The van der Waals surface area contributed by atoms with Gasteiger partial charge in [0.15, 0.2) is 5.76 Å². The van der Waals surface area contributed by atoms with Crippen LogP contribution in [0, 0.1) is 0 Å². The monoisotopic (exact) mass is 497 g/mol. The van der Waals surface area contributed by atoms with Gasteiger partial charge in [0.2, 0.25) is 12.3 Å². The Hall–Kier alpha value is -2.93. The van der Waals surface area contributed by atoms with Gasteiger partial charge >= 0.3 is 11.9 Å². The molecule has 0 spiro atoms. The molecule has 2 aliphatic heterocycles. The average molecular weight is 498 g/mol. The number of ether oxygens (including phenoxy) is 1. The Labute approximate surface area is 197 Å². The van der Waals surface area contributed by atoms with Crippen LogP contribution in [-0.4, -0.2) is 75.1 Å². The fourth-order valence-electron chi connectivity index (χ4n) is 3.09. The molecular weight excluding hydrogens is 474 g/mol. The number of oxime groups is 1. The number of carbonyl (C=O) groups is 4. The van der Waals surface area contributed by atoms with Crippen molar-refractivity contribution in [3.63, 3.8) is 0 Å². The molecule has 3 rings (SSSR count). The highest BCUT2D eigenvalue weighted by Gasteiger charge is 2.54. The first-order valence-corrected chi connectivity index (χ1v) is 12.0. The van der Waals surface area contributed by atoms with E-state index in [0.717, 1.165) is 0 Å². The van der Waals surface area contributed by atoms with E-state index in [2.05, 4.69) is 10.5 Å². The van der Waals surface area contributed by atoms with Gasteiger partial charge in [0.1, 0.15) is 22.7 Å². The summed E-state index contributed by atoms with van der Waals surface area (Å²) in [7, 11) is 0. The number of β-lactam (4-membered cyclic amide) rings is 1. The summed E-state index contributed by atoms with van der Waals surface area (Å²) in [4.78, 5) is 55.8. The molecule has 2 amide bonds. The molecule has 0 radical (unpaired) electrons. The van der Waals surface area contributed by atoms with Crippen molar-refractivity contribution in [3.8, 4) is 0 Å². The van der Waals surface area contributed by atoms with Crippen LogP contribution < -0.4 is 5.32 Å². The smallest absolute Gasteiger partial charge is 0.353 e. The number of nitrogens with one attached hydrogen (secondary N) is 1. The quantitative estimate of drug-likeness (QED) is 0.234. The second-order valence-corrected chi connectivity index (χ2v) is 9.93. The molecule has 11 nitrogen and oxygen atoms in total. The number of hydrogen-bond acceptors (Lipinski definition) is 10. The van der Waals surface area contributed by atoms with E-state index in [1.165, 1.54) is 46.8 Å². The molecule has 1 aromatic heterocycles. The van der Waals surface area contributed by atoms with Gasteiger partial charge in [-0.3, -0.25) is 14.5 Å². The summed E-state index contributed by atoms with van der Waals surface area (Å²) in [5.74, 6) is -2.72. The van der Waals surface area contributed by atoms with E-state index in [1.54, 1.807) is 27.0 Å². The summed E-state index contributed by atoms with van der Waals surface area (Å²) < 4.78 is 10.3. The van der Waals surface area contributed by atoms with Gasteiger partial charge in [-0.15, -0.1) is 23.5 Å². The van der Waals surface area contributed by atoms with Crippen LogP contribution >= 0.6 is 23.5 Å². The van der Waals surface area contributed by atoms with E-state index in [1.807, 2.05) is 0 Å². The number of fused-ring (bicyclic) bond motifs is 1. The van der Waals surface area contributed by atoms with E-state index in [9.17, 15) is 24.3 Å². The Morgan fingerprint density at radius 2 is 2.12 bits per heavy atom. The fraction of sp³-hybridized carbons (Fsp3) is 0.450. The van der Waals surface area contributed by atoms with Crippen molar-refractivity contribution in [1.29, 1.82) is 0 Å². The Bertz CT molecular complexity index is 1010. The van der Waals surface area contributed by atoms with Crippen LogP contribution in [0.3, 0.4) is 0 Å². The summed E-state index contributed by atoms with van der Waals surface area (Å²) in [5, 5.41) is 15.2. The molecule has 2 aliphatic rings. The van der Waals surface area contributed by atoms with Crippen molar-refractivity contribution in [2.45, 2.75) is 37.8 Å². The third-order valence-corrected chi connectivity index (χ3v) is 6.69. The molecule has 0 aromatic carbocycles. The lowest BCUT2D eigenvalue weighted by Gasteiger charge is -2.49. The predicted octanol–water partition coefficient (Wildman–Crippen LogP) is 1.40. The van der Waals surface area contributed by atoms with Crippen LogP contribution in [0.5, 0.6) is 0 Å². The number of rotatable bonds is 8. The number of carbonyl (C=O) groups excluding carboxylic acids is 3. The minimum Gasteiger partial charge on any atom is -0.477 e. The number of aliphatic carboxylic acids is 1. The maximum atomic E-state index is 12.9. The highest BCUT2D eigenvalue weighted by Crippen LogP contribution is 2.42. The molecule has 0 saturated carbocycles. The maximum absolute atomic E-state index is 12.9. The molecule has 3 heterocycles. The van der Waals surface area contributed by atoms with Gasteiger partial charge in [-0.2, -0.15) is 0 Å². The van der Waals surface area contributed by atoms with Gasteiger partial charge < -0.3 is 24.4 Å². The first-order valence-electron chi connectivity index (χ1n) is 9.75. The number of amides is 2. The number of hydrogen-bond donors (Lipinski definition) is 2. The van der Waals surface area contributed by atoms with Crippen LogP contribution in [0.25, 0.3) is 0 Å². The maximum Gasteiger partial charge on any atom is 0.353 e. The molecule has 1 fully saturated rings. The van der Waals surface area contributed by atoms with Crippen molar-refractivity contribution in [1.82, 2.24) is 10.2 Å². The first-order chi connectivity index (χ1) is 15.5. The van der Waals surface area contributed by atoms with E-state index in [4.69, 9.17) is 14.0 Å². The van der Waals surface area contributed by atoms with Crippen molar-refractivity contribution >= 4 is 53.0 Å². The number of carboxylic acids is 1. The van der Waals surface area contributed by atoms with Gasteiger partial charge in [-0.1, -0.05) is 5.16 Å². The molecule has 2 N–H and O–H groups in total. The van der Waals surface area contributed by atoms with Gasteiger partial charge in [0.25, 0.3) is 11.8 Å². The highest BCUT2D eigenvalue weighted by atomic mass is 32.2. The summed E-state index contributed by atoms with van der Waals surface area (Å²) in [6.07, 6.45) is 3.07. The van der Waals surface area contributed by atoms with Crippen molar-refractivity contribution in [3.05, 3.63) is 34.8 Å². The van der Waals surface area contributed by atoms with Crippen LogP contribution in [0.2, 0.25) is 0 Å². The lowest BCUT2D eigenvalue weighted by Crippen LogP contribution is -2.71. The van der Waals surface area contributed by atoms with Gasteiger partial charge in [0, 0.05) is 10.7 Å². The SMILES string of the molecule is CSC1=C(C(=O)O)N2C(=O)C(NC(=O)/C(=N/OCC(=O)OC(C)(C)C)c3ccco3)[C@H]2SC1. The summed E-state index contributed by atoms with van der Waals surface area (Å²) in [6.45, 7) is 4.56. The minimum atomic E-state index is -1.20. The van der Waals surface area contributed by atoms with E-state index in [-0.39, 0.29) is 17.2 Å². The zero-order valence-corrected chi connectivity index (χ0v) is 19.9. The van der Waals surface area contributed by atoms with Crippen molar-refractivity contribution < 1.29 is 38.3 Å². The second-order valence-electron chi connectivity index (χ2n) is 7.92. The molecule has 1 aromatic rings. The van der Waals surface area contributed by atoms with Gasteiger partial charge in [-0.25, -0.2) is 9.59 Å². The zero-order chi connectivity index (χ0) is 24.3. The highest BCUT2D eigenvalue weighted by molar-refractivity contribution is 8.05. The Morgan fingerprint density at radius 1 is 1.39 bits per heavy atom.